The molecule has 1 aromatic heterocycles. The first-order valence-electron chi connectivity index (χ1n) is 10.3. The second-order valence-electron chi connectivity index (χ2n) is 7.10. The third kappa shape index (κ3) is 5.50. The second-order valence-corrected chi connectivity index (χ2v) is 7.10. The number of esters is 1. The lowest BCUT2D eigenvalue weighted by Crippen LogP contribution is -2.30. The molecular weight excluding hydrogens is 398 g/mol. The van der Waals surface area contributed by atoms with Crippen LogP contribution in [0, 0.1) is 0 Å². The highest BCUT2D eigenvalue weighted by Gasteiger charge is 2.23. The number of pyridine rings is 1. The number of ether oxygens (including phenoxy) is 2. The minimum atomic E-state index is -0.599. The van der Waals surface area contributed by atoms with E-state index in [0.717, 1.165) is 24.1 Å². The van der Waals surface area contributed by atoms with Gasteiger partial charge in [-0.15, -0.1) is 0 Å². The number of benzene rings is 1. The normalized spacial score (nSPS) is 14.7. The van der Waals surface area contributed by atoms with Crippen molar-refractivity contribution >= 4 is 40.8 Å². The molecule has 0 fully saturated rings. The van der Waals surface area contributed by atoms with Crippen LogP contribution in [-0.2, 0) is 9.53 Å². The third-order valence-corrected chi connectivity index (χ3v) is 4.66. The summed E-state index contributed by atoms with van der Waals surface area (Å²) < 4.78 is 10.2. The molecule has 1 aliphatic rings. The lowest BCUT2D eigenvalue weighted by molar-refractivity contribution is -0.134. The van der Waals surface area contributed by atoms with Crippen molar-refractivity contribution in [3.8, 4) is 5.75 Å². The molecule has 4 N–H and O–H groups in total. The van der Waals surface area contributed by atoms with Gasteiger partial charge in [0.05, 0.1) is 24.0 Å². The Bertz CT molecular complexity index is 988. The van der Waals surface area contributed by atoms with Crippen LogP contribution in [0.3, 0.4) is 0 Å². The molecule has 0 radical (unpaired) electrons. The topological polar surface area (TPSA) is 128 Å². The molecule has 2 aromatic rings. The molecule has 2 heterocycles. The molecule has 0 saturated carbocycles. The van der Waals surface area contributed by atoms with Crippen LogP contribution in [0.4, 0.5) is 27.8 Å². The van der Waals surface area contributed by atoms with Gasteiger partial charge < -0.3 is 20.5 Å². The maximum Gasteiger partial charge on any atom is 0.412 e. The van der Waals surface area contributed by atoms with E-state index in [1.807, 2.05) is 26.0 Å². The summed E-state index contributed by atoms with van der Waals surface area (Å²) in [6.07, 6.45) is 1.56. The number of nitrogen functional groups attached to an aromatic ring is 1. The van der Waals surface area contributed by atoms with Crippen molar-refractivity contribution in [3.05, 3.63) is 35.9 Å². The Hall–Kier alpha value is -3.62. The molecule has 1 aromatic carbocycles. The summed E-state index contributed by atoms with van der Waals surface area (Å²) in [7, 11) is 0. The molecule has 0 aliphatic carbocycles. The third-order valence-electron chi connectivity index (χ3n) is 4.66. The first kappa shape index (κ1) is 22.1. The Balaban J connectivity index is 1.79. The summed E-state index contributed by atoms with van der Waals surface area (Å²) >= 11 is 0. The molecule has 9 nitrogen and oxygen atoms in total. The van der Waals surface area contributed by atoms with Gasteiger partial charge in [-0.3, -0.25) is 10.1 Å². The second kappa shape index (κ2) is 9.92. The van der Waals surface area contributed by atoms with E-state index in [-0.39, 0.29) is 30.3 Å². The standard InChI is InChI=1S/C22H27N5O4/c1-4-6-7-18(28)31-15-10-8-14(9-11-15)19-13(3)24-16-12-17(26-22(29)30-5-2)25-21(23)20(16)27-19/h8-13,24H,4-7H2,1-3H3,(H3,23,25,26,29)/t13-/m0/s1. The van der Waals surface area contributed by atoms with Crippen molar-refractivity contribution < 1.29 is 19.1 Å². The van der Waals surface area contributed by atoms with Gasteiger partial charge in [0, 0.05) is 12.5 Å². The van der Waals surface area contributed by atoms with Gasteiger partial charge in [0.1, 0.15) is 17.3 Å². The highest BCUT2D eigenvalue weighted by molar-refractivity contribution is 6.10. The van der Waals surface area contributed by atoms with Gasteiger partial charge in [0.15, 0.2) is 5.82 Å². The number of carbonyl (C=O) groups is 2. The van der Waals surface area contributed by atoms with E-state index in [1.165, 1.54) is 0 Å². The maximum atomic E-state index is 11.8. The highest BCUT2D eigenvalue weighted by atomic mass is 16.5. The van der Waals surface area contributed by atoms with E-state index in [4.69, 9.17) is 20.2 Å². The average molecular weight is 425 g/mol. The zero-order valence-corrected chi connectivity index (χ0v) is 17.9. The Morgan fingerprint density at radius 2 is 1.97 bits per heavy atom. The summed E-state index contributed by atoms with van der Waals surface area (Å²) in [5.41, 5.74) is 8.89. The van der Waals surface area contributed by atoms with Crippen LogP contribution >= 0.6 is 0 Å². The highest BCUT2D eigenvalue weighted by Crippen LogP contribution is 2.37. The first-order chi connectivity index (χ1) is 14.9. The number of anilines is 3. The fourth-order valence-corrected chi connectivity index (χ4v) is 3.15. The molecule has 1 amide bonds. The van der Waals surface area contributed by atoms with Crippen LogP contribution in [0.2, 0.25) is 0 Å². The number of hydrogen-bond acceptors (Lipinski definition) is 8. The van der Waals surface area contributed by atoms with Crippen molar-refractivity contribution in [3.63, 3.8) is 0 Å². The Labute approximate surface area is 181 Å². The predicted octanol–water partition coefficient (Wildman–Crippen LogP) is 4.26. The average Bonchev–Trinajstić information content (AvgIpc) is 2.72. The zero-order valence-electron chi connectivity index (χ0n) is 17.9. The lowest BCUT2D eigenvalue weighted by atomic mass is 10.0. The molecular formula is C22H27N5O4. The number of unbranched alkanes of at least 4 members (excludes halogenated alkanes) is 1. The van der Waals surface area contributed by atoms with Crippen molar-refractivity contribution in [1.82, 2.24) is 4.98 Å². The van der Waals surface area contributed by atoms with E-state index in [2.05, 4.69) is 15.6 Å². The van der Waals surface area contributed by atoms with Gasteiger partial charge >= 0.3 is 12.1 Å². The van der Waals surface area contributed by atoms with Crippen molar-refractivity contribution in [2.75, 3.05) is 23.0 Å². The maximum absolute atomic E-state index is 11.8. The van der Waals surface area contributed by atoms with Crippen LogP contribution in [0.15, 0.2) is 35.3 Å². The number of hydrogen-bond donors (Lipinski definition) is 3. The fraction of sp³-hybridized carbons (Fsp3) is 0.364. The summed E-state index contributed by atoms with van der Waals surface area (Å²) in [6.45, 7) is 5.97. The molecule has 3 rings (SSSR count). The number of amides is 1. The number of rotatable bonds is 7. The predicted molar refractivity (Wildman–Crippen MR) is 120 cm³/mol. The van der Waals surface area contributed by atoms with Gasteiger partial charge in [-0.2, -0.15) is 0 Å². The van der Waals surface area contributed by atoms with Crippen LogP contribution in [0.5, 0.6) is 5.75 Å². The number of fused-ring (bicyclic) bond motifs is 1. The number of nitrogens with one attached hydrogen (secondary N) is 2. The summed E-state index contributed by atoms with van der Waals surface area (Å²) in [5, 5.41) is 5.88. The smallest absolute Gasteiger partial charge is 0.412 e. The molecule has 0 bridgehead atoms. The van der Waals surface area contributed by atoms with Gasteiger partial charge in [-0.05, 0) is 50.1 Å². The van der Waals surface area contributed by atoms with Gasteiger partial charge in [0.25, 0.3) is 0 Å². The van der Waals surface area contributed by atoms with E-state index in [1.54, 1.807) is 25.1 Å². The molecule has 164 valence electrons. The number of aromatic nitrogens is 1. The molecule has 0 saturated heterocycles. The van der Waals surface area contributed by atoms with Crippen molar-refractivity contribution in [1.29, 1.82) is 0 Å². The molecule has 9 heteroatoms. The van der Waals surface area contributed by atoms with Gasteiger partial charge in [-0.1, -0.05) is 13.3 Å². The van der Waals surface area contributed by atoms with E-state index in [0.29, 0.717) is 23.5 Å². The van der Waals surface area contributed by atoms with E-state index >= 15 is 0 Å². The quantitative estimate of drug-likeness (QED) is 0.446. The Kier molecular flexibility index (Phi) is 7.07. The summed E-state index contributed by atoms with van der Waals surface area (Å²) in [6, 6.07) is 8.74. The number of aliphatic imine (C=N–C) groups is 1. The SMILES string of the molecule is CCCCC(=O)Oc1ccc(C2=Nc3c(cc(NC(=O)OCC)nc3N)N[C@H]2C)cc1. The molecule has 1 atom stereocenters. The number of carbonyl (C=O) groups excluding carboxylic acids is 2. The minimum Gasteiger partial charge on any atom is -0.450 e. The van der Waals surface area contributed by atoms with Gasteiger partial charge in [0.2, 0.25) is 0 Å². The molecule has 1 aliphatic heterocycles. The zero-order chi connectivity index (χ0) is 22.4. The molecule has 31 heavy (non-hydrogen) atoms. The molecule has 0 spiro atoms. The van der Waals surface area contributed by atoms with Crippen molar-refractivity contribution in [2.45, 2.75) is 46.1 Å². The van der Waals surface area contributed by atoms with E-state index in [9.17, 15) is 9.59 Å². The number of nitrogens with zero attached hydrogens (tertiary/aromatic N) is 2. The summed E-state index contributed by atoms with van der Waals surface area (Å²) in [4.78, 5) is 32.3. The van der Waals surface area contributed by atoms with Crippen LogP contribution in [0.1, 0.15) is 45.6 Å². The van der Waals surface area contributed by atoms with Crippen LogP contribution < -0.4 is 21.1 Å². The largest absolute Gasteiger partial charge is 0.450 e. The summed E-state index contributed by atoms with van der Waals surface area (Å²) in [5.74, 6) is 0.725. The van der Waals surface area contributed by atoms with Crippen LogP contribution in [-0.4, -0.2) is 35.4 Å². The van der Waals surface area contributed by atoms with E-state index < -0.39 is 6.09 Å². The Morgan fingerprint density at radius 3 is 2.65 bits per heavy atom. The lowest BCUT2D eigenvalue weighted by Gasteiger charge is -2.25. The first-order valence-corrected chi connectivity index (χ1v) is 10.3. The minimum absolute atomic E-state index is 0.123. The van der Waals surface area contributed by atoms with Crippen molar-refractivity contribution in [2.24, 2.45) is 4.99 Å². The van der Waals surface area contributed by atoms with Gasteiger partial charge in [-0.25, -0.2) is 14.8 Å². The fourth-order valence-electron chi connectivity index (χ4n) is 3.15. The Morgan fingerprint density at radius 1 is 1.23 bits per heavy atom. The molecule has 0 unspecified atom stereocenters. The number of nitrogens with two attached hydrogens (primary N) is 1. The van der Waals surface area contributed by atoms with Crippen LogP contribution in [0.25, 0.3) is 0 Å². The monoisotopic (exact) mass is 425 g/mol.